The molecule has 1 aliphatic heterocycles. The van der Waals surface area contributed by atoms with Crippen LogP contribution in [0.1, 0.15) is 43.6 Å². The second-order valence-electron chi connectivity index (χ2n) is 9.91. The highest BCUT2D eigenvalue weighted by Crippen LogP contribution is 2.36. The number of rotatable bonds is 12. The van der Waals surface area contributed by atoms with E-state index in [9.17, 15) is 28.8 Å². The van der Waals surface area contributed by atoms with Crippen LogP contribution < -0.4 is 4.74 Å². The van der Waals surface area contributed by atoms with E-state index >= 15 is 0 Å². The predicted octanol–water partition coefficient (Wildman–Crippen LogP) is 3.11. The van der Waals surface area contributed by atoms with E-state index in [1.54, 1.807) is 30.3 Å². The third-order valence-electron chi connectivity index (χ3n) is 6.43. The normalized spacial score (nSPS) is 20.7. The maximum atomic E-state index is 12.6. The molecule has 0 N–H and O–H groups in total. The Morgan fingerprint density at radius 1 is 0.800 bits per heavy atom. The number of esters is 5. The molecule has 2 aromatic carbocycles. The summed E-state index contributed by atoms with van der Waals surface area (Å²) in [5, 5.41) is 0.0503. The van der Waals surface area contributed by atoms with Crippen molar-refractivity contribution in [3.05, 3.63) is 53.6 Å². The SMILES string of the molecule is COC(=O)Cc1cccc(-c2cc(C(=O)CBr)ccc2O[C@H]2O[C@H](COC(C)=O)[C@@H](OC(C)=O)[C@H](OC(C)=O)[C@@H]2OC(C)=O)c1. The van der Waals surface area contributed by atoms with Crippen molar-refractivity contribution in [3.63, 3.8) is 0 Å². The number of ketones is 1. The lowest BCUT2D eigenvalue weighted by Crippen LogP contribution is -2.63. The molecule has 0 radical (unpaired) electrons. The minimum atomic E-state index is -1.50. The number of carbonyl (C=O) groups excluding carboxylic acids is 6. The van der Waals surface area contributed by atoms with Gasteiger partial charge in [-0.1, -0.05) is 40.2 Å². The van der Waals surface area contributed by atoms with E-state index in [-0.39, 0.29) is 23.3 Å². The quantitative estimate of drug-likeness (QED) is 0.138. The molecule has 1 aliphatic rings. The van der Waals surface area contributed by atoms with Gasteiger partial charge in [-0.15, -0.1) is 0 Å². The van der Waals surface area contributed by atoms with E-state index < -0.39 is 67.2 Å². The Balaban J connectivity index is 2.15. The minimum Gasteiger partial charge on any atom is -0.469 e. The lowest BCUT2D eigenvalue weighted by Gasteiger charge is -2.44. The van der Waals surface area contributed by atoms with Crippen LogP contribution in [0.2, 0.25) is 0 Å². The Hall–Kier alpha value is -4.30. The van der Waals surface area contributed by atoms with Crippen LogP contribution >= 0.6 is 15.9 Å². The van der Waals surface area contributed by atoms with Gasteiger partial charge in [-0.25, -0.2) is 0 Å². The molecule has 2 aromatic rings. The number of alkyl halides is 1. The zero-order chi connectivity index (χ0) is 33.3. The molecular weight excluding hydrogens is 660 g/mol. The van der Waals surface area contributed by atoms with E-state index in [1.807, 2.05) is 0 Å². The number of hydrogen-bond donors (Lipinski definition) is 0. The summed E-state index contributed by atoms with van der Waals surface area (Å²) in [6, 6.07) is 11.5. The Bertz CT molecular complexity index is 1440. The zero-order valence-electron chi connectivity index (χ0n) is 25.2. The summed E-state index contributed by atoms with van der Waals surface area (Å²) in [4.78, 5) is 72.6. The van der Waals surface area contributed by atoms with E-state index in [1.165, 1.54) is 26.2 Å². The van der Waals surface area contributed by atoms with Crippen molar-refractivity contribution < 1.29 is 61.9 Å². The van der Waals surface area contributed by atoms with Crippen molar-refractivity contribution in [1.29, 1.82) is 0 Å². The van der Waals surface area contributed by atoms with E-state index in [0.717, 1.165) is 20.8 Å². The lowest BCUT2D eigenvalue weighted by molar-refractivity contribution is -0.288. The van der Waals surface area contributed by atoms with Crippen LogP contribution in [0.4, 0.5) is 0 Å². The number of benzene rings is 2. The fourth-order valence-electron chi connectivity index (χ4n) is 4.61. The third-order valence-corrected chi connectivity index (χ3v) is 6.94. The van der Waals surface area contributed by atoms with Crippen molar-refractivity contribution in [2.45, 2.75) is 64.8 Å². The van der Waals surface area contributed by atoms with Gasteiger partial charge in [0, 0.05) is 38.8 Å². The Kier molecular flexibility index (Phi) is 12.6. The largest absolute Gasteiger partial charge is 0.469 e. The van der Waals surface area contributed by atoms with Crippen molar-refractivity contribution >= 4 is 51.6 Å². The van der Waals surface area contributed by atoms with Gasteiger partial charge in [0.1, 0.15) is 18.5 Å². The topological polar surface area (TPSA) is 167 Å². The first-order valence-electron chi connectivity index (χ1n) is 13.7. The molecule has 1 heterocycles. The highest BCUT2D eigenvalue weighted by atomic mass is 79.9. The Morgan fingerprint density at radius 2 is 1.44 bits per heavy atom. The van der Waals surface area contributed by atoms with Gasteiger partial charge in [-0.05, 0) is 29.3 Å². The van der Waals surface area contributed by atoms with Crippen LogP contribution in [0.15, 0.2) is 42.5 Å². The second-order valence-corrected chi connectivity index (χ2v) is 10.5. The van der Waals surface area contributed by atoms with Gasteiger partial charge in [0.05, 0.1) is 18.9 Å². The summed E-state index contributed by atoms with van der Waals surface area (Å²) < 4.78 is 38.6. The van der Waals surface area contributed by atoms with Crippen LogP contribution in [0, 0.1) is 0 Å². The molecular formula is C31H33BrO13. The molecule has 242 valence electrons. The number of hydrogen-bond acceptors (Lipinski definition) is 13. The molecule has 1 saturated heterocycles. The molecule has 0 spiro atoms. The molecule has 1 fully saturated rings. The number of carbonyl (C=O) groups is 6. The summed E-state index contributed by atoms with van der Waals surface area (Å²) in [6.07, 6.45) is -6.99. The molecule has 45 heavy (non-hydrogen) atoms. The number of ether oxygens (including phenoxy) is 7. The average Bonchev–Trinajstić information content (AvgIpc) is 2.98. The van der Waals surface area contributed by atoms with Gasteiger partial charge < -0.3 is 33.2 Å². The molecule has 5 atom stereocenters. The maximum Gasteiger partial charge on any atom is 0.309 e. The smallest absolute Gasteiger partial charge is 0.309 e. The Morgan fingerprint density at radius 3 is 2.04 bits per heavy atom. The summed E-state index contributed by atoms with van der Waals surface area (Å²) in [7, 11) is 1.28. The van der Waals surface area contributed by atoms with Gasteiger partial charge in [-0.3, -0.25) is 28.8 Å². The zero-order valence-corrected chi connectivity index (χ0v) is 26.8. The highest BCUT2D eigenvalue weighted by molar-refractivity contribution is 9.09. The summed E-state index contributed by atoms with van der Waals surface area (Å²) in [6.45, 7) is 4.08. The van der Waals surface area contributed by atoms with E-state index in [2.05, 4.69) is 15.9 Å². The van der Waals surface area contributed by atoms with Gasteiger partial charge in [0.15, 0.2) is 18.0 Å². The van der Waals surface area contributed by atoms with Gasteiger partial charge in [0.25, 0.3) is 0 Å². The van der Waals surface area contributed by atoms with E-state index in [4.69, 9.17) is 33.2 Å². The molecule has 3 rings (SSSR count). The molecule has 13 nitrogen and oxygen atoms in total. The fourth-order valence-corrected chi connectivity index (χ4v) is 4.93. The first-order valence-corrected chi connectivity index (χ1v) is 14.8. The van der Waals surface area contributed by atoms with Crippen LogP contribution in [0.25, 0.3) is 11.1 Å². The van der Waals surface area contributed by atoms with Crippen molar-refractivity contribution in [1.82, 2.24) is 0 Å². The maximum absolute atomic E-state index is 12.6. The standard InChI is InChI=1S/C31H33BrO13/c1-16(33)40-15-26-28(41-17(2)34)29(42-18(3)35)30(43-19(4)36)31(45-26)44-25-10-9-22(24(37)14-32)13-23(25)21-8-6-7-20(11-21)12-27(38)39-5/h6-11,13,26,28-31H,12,14-15H2,1-5H3/t26-,28-,29+,30+,31+/m1/s1. The minimum absolute atomic E-state index is 0.0136. The highest BCUT2D eigenvalue weighted by Gasteiger charge is 2.53. The molecule has 0 amide bonds. The number of halogens is 1. The first-order chi connectivity index (χ1) is 21.3. The average molecular weight is 693 g/mol. The summed E-state index contributed by atoms with van der Waals surface area (Å²) in [5.41, 5.74) is 1.92. The first kappa shape index (κ1) is 35.2. The van der Waals surface area contributed by atoms with Gasteiger partial charge >= 0.3 is 29.8 Å². The summed E-state index contributed by atoms with van der Waals surface area (Å²) >= 11 is 3.17. The molecule has 0 aliphatic carbocycles. The van der Waals surface area contributed by atoms with Crippen molar-refractivity contribution in [2.24, 2.45) is 0 Å². The Labute approximate surface area is 267 Å². The summed E-state index contributed by atoms with van der Waals surface area (Å²) in [5.74, 6) is -3.53. The van der Waals surface area contributed by atoms with Crippen LogP contribution in [-0.4, -0.2) is 85.4 Å². The van der Waals surface area contributed by atoms with Crippen molar-refractivity contribution in [3.8, 4) is 16.9 Å². The fraction of sp³-hybridized carbons (Fsp3) is 0.419. The lowest BCUT2D eigenvalue weighted by atomic mass is 9.97. The predicted molar refractivity (Wildman–Crippen MR) is 158 cm³/mol. The van der Waals surface area contributed by atoms with Crippen molar-refractivity contribution in [2.75, 3.05) is 19.0 Å². The van der Waals surface area contributed by atoms with Gasteiger partial charge in [-0.2, -0.15) is 0 Å². The van der Waals surface area contributed by atoms with Gasteiger partial charge in [0.2, 0.25) is 12.4 Å². The molecule has 0 saturated carbocycles. The third kappa shape index (κ3) is 9.85. The number of methoxy groups -OCH3 is 1. The molecule has 14 heteroatoms. The van der Waals surface area contributed by atoms with Crippen LogP contribution in [0.5, 0.6) is 5.75 Å². The second kappa shape index (κ2) is 16.1. The van der Waals surface area contributed by atoms with Crippen LogP contribution in [0.3, 0.4) is 0 Å². The monoisotopic (exact) mass is 692 g/mol. The number of Topliss-reactive ketones (excluding diaryl/α,β-unsaturated/α-hetero) is 1. The molecule has 0 aromatic heterocycles. The molecule has 0 unspecified atom stereocenters. The van der Waals surface area contributed by atoms with E-state index in [0.29, 0.717) is 22.3 Å². The van der Waals surface area contributed by atoms with Crippen LogP contribution in [-0.2, 0) is 58.8 Å². The molecule has 0 bridgehead atoms.